The summed E-state index contributed by atoms with van der Waals surface area (Å²) in [5.74, 6) is -0.604. The van der Waals surface area contributed by atoms with Crippen LogP contribution in [0.15, 0.2) is 52.2 Å². The molecule has 0 amide bonds. The van der Waals surface area contributed by atoms with Gasteiger partial charge in [-0.05, 0) is 32.3 Å². The zero-order valence-corrected chi connectivity index (χ0v) is 28.8. The van der Waals surface area contributed by atoms with Gasteiger partial charge >= 0.3 is 19.4 Å². The monoisotopic (exact) mass is 704 g/mol. The molecule has 0 radical (unpaired) electrons. The summed E-state index contributed by atoms with van der Waals surface area (Å²) < 4.78 is 37.3. The minimum absolute atomic E-state index is 0.0988. The Morgan fingerprint density at radius 1 is 1.24 bits per heavy atom. The number of halogens is 1. The molecule has 2 heterocycles. The second kappa shape index (κ2) is 16.2. The summed E-state index contributed by atoms with van der Waals surface area (Å²) in [6.45, 7) is 7.66. The lowest BCUT2D eigenvalue weighted by Crippen LogP contribution is -2.43. The lowest BCUT2D eigenvalue weighted by Gasteiger charge is -2.26. The van der Waals surface area contributed by atoms with Gasteiger partial charge in [-0.1, -0.05) is 55.9 Å². The van der Waals surface area contributed by atoms with Crippen molar-refractivity contribution in [1.29, 1.82) is 0 Å². The van der Waals surface area contributed by atoms with Crippen molar-refractivity contribution in [2.45, 2.75) is 70.5 Å². The van der Waals surface area contributed by atoms with Gasteiger partial charge in [-0.2, -0.15) is 0 Å². The van der Waals surface area contributed by atoms with Crippen molar-refractivity contribution in [3.8, 4) is 0 Å². The highest BCUT2D eigenvalue weighted by atomic mass is 35.5. The zero-order valence-electron chi connectivity index (χ0n) is 26.3. The average molecular weight is 705 g/mol. The Morgan fingerprint density at radius 3 is 2.54 bits per heavy atom. The molecule has 17 heteroatoms. The van der Waals surface area contributed by atoms with Gasteiger partial charge in [0.1, 0.15) is 29.7 Å². The number of rotatable bonds is 16. The largest absolute Gasteiger partial charge is 0.463 e. The highest BCUT2D eigenvalue weighted by molar-refractivity contribution is 8.13. The van der Waals surface area contributed by atoms with Crippen molar-refractivity contribution >= 4 is 42.2 Å². The number of carbonyl (C=O) groups excluding carboxylic acids is 2. The Hall–Kier alpha value is -2.33. The Labute approximate surface area is 276 Å². The Bertz CT molecular complexity index is 1500. The summed E-state index contributed by atoms with van der Waals surface area (Å²) in [6, 6.07) is 9.39. The molecule has 6 atom stereocenters. The predicted molar refractivity (Wildman–Crippen MR) is 173 cm³/mol. The van der Waals surface area contributed by atoms with Gasteiger partial charge in [0.05, 0.1) is 18.6 Å². The third-order valence-corrected chi connectivity index (χ3v) is 10.4. The second-order valence-electron chi connectivity index (χ2n) is 12.0. The van der Waals surface area contributed by atoms with Crippen LogP contribution in [0.5, 0.6) is 0 Å². The minimum atomic E-state index is -4.07. The van der Waals surface area contributed by atoms with E-state index in [0.29, 0.717) is 0 Å². The lowest BCUT2D eigenvalue weighted by molar-refractivity contribution is -0.150. The van der Waals surface area contributed by atoms with E-state index in [2.05, 4.69) is 10.1 Å². The minimum Gasteiger partial charge on any atom is -0.463 e. The van der Waals surface area contributed by atoms with Crippen LogP contribution in [0.4, 0.5) is 0 Å². The molecule has 0 saturated carbocycles. The van der Waals surface area contributed by atoms with E-state index in [1.165, 1.54) is 13.1 Å². The van der Waals surface area contributed by atoms with Crippen LogP contribution in [0.1, 0.15) is 46.4 Å². The molecular weight excluding hydrogens is 663 g/mol. The van der Waals surface area contributed by atoms with Crippen LogP contribution in [0.3, 0.4) is 0 Å². The van der Waals surface area contributed by atoms with Crippen molar-refractivity contribution in [3.05, 3.63) is 69.0 Å². The maximum atomic E-state index is 13.8. The molecule has 1 aliphatic rings. The molecule has 0 bridgehead atoms. The van der Waals surface area contributed by atoms with Crippen LogP contribution < -0.4 is 22.1 Å². The zero-order chi connectivity index (χ0) is 34.3. The van der Waals surface area contributed by atoms with Crippen molar-refractivity contribution in [1.82, 2.24) is 14.6 Å². The van der Waals surface area contributed by atoms with Crippen LogP contribution >= 0.6 is 31.1 Å². The molecule has 0 unspecified atom stereocenters. The van der Waals surface area contributed by atoms with Crippen molar-refractivity contribution < 1.29 is 37.8 Å². The fourth-order valence-electron chi connectivity index (χ4n) is 4.21. The van der Waals surface area contributed by atoms with Crippen LogP contribution in [0, 0.1) is 11.3 Å². The summed E-state index contributed by atoms with van der Waals surface area (Å²) >= 11 is 7.51. The Kier molecular flexibility index (Phi) is 13.4. The number of aliphatic hydroxyl groups is 1. The predicted octanol–water partition coefficient (Wildman–Crippen LogP) is 2.54. The van der Waals surface area contributed by atoms with Crippen LogP contribution in [0.2, 0.25) is 0 Å². The van der Waals surface area contributed by atoms with E-state index in [9.17, 15) is 28.8 Å². The molecule has 1 saturated heterocycles. The topological polar surface area (TPSA) is 201 Å². The first-order valence-corrected chi connectivity index (χ1v) is 17.5. The number of hydrogen-bond donors (Lipinski definition) is 4. The van der Waals surface area contributed by atoms with Gasteiger partial charge in [0.25, 0.3) is 5.56 Å². The number of aromatic nitrogens is 2. The first-order chi connectivity index (χ1) is 21.5. The molecule has 3 rings (SSSR count). The number of aromatic amines is 1. The van der Waals surface area contributed by atoms with E-state index < -0.39 is 66.3 Å². The number of carbonyl (C=O) groups is 2. The number of H-pyrrole nitrogens is 1. The third kappa shape index (κ3) is 10.1. The number of nitrogens with one attached hydrogen (secondary N) is 2. The van der Waals surface area contributed by atoms with Gasteiger partial charge in [0, 0.05) is 24.6 Å². The van der Waals surface area contributed by atoms with E-state index in [4.69, 9.17) is 35.9 Å². The molecular formula is C29H42ClN4O10PS. The van der Waals surface area contributed by atoms with Gasteiger partial charge < -0.3 is 20.3 Å². The number of nitrogens with two attached hydrogens (primary N) is 1. The van der Waals surface area contributed by atoms with Gasteiger partial charge in [-0.3, -0.25) is 33.0 Å². The average Bonchev–Trinajstić information content (AvgIpc) is 3.23. The summed E-state index contributed by atoms with van der Waals surface area (Å²) in [4.78, 5) is 49.5. The molecule has 0 spiro atoms. The number of ether oxygens (including phenoxy) is 2. The number of benzene rings is 1. The number of alkyl halides is 1. The number of aliphatic hydroxyl groups excluding tert-OH is 1. The second-order valence-corrected chi connectivity index (χ2v) is 15.7. The van der Waals surface area contributed by atoms with Crippen LogP contribution in [-0.4, -0.2) is 74.4 Å². The molecule has 14 nitrogen and oxygen atoms in total. The maximum Gasteiger partial charge on any atom is 0.405 e. The molecule has 46 heavy (non-hydrogen) atoms. The number of nitrogens with zero attached hydrogens (tertiary/aromatic N) is 1. The highest BCUT2D eigenvalue weighted by Gasteiger charge is 2.54. The van der Waals surface area contributed by atoms with E-state index in [1.807, 2.05) is 30.3 Å². The maximum absolute atomic E-state index is 13.8. The lowest BCUT2D eigenvalue weighted by atomic mass is 9.97. The Balaban J connectivity index is 1.63. The number of thioether (sulfide) groups is 1. The molecule has 1 aromatic carbocycles. The Morgan fingerprint density at radius 2 is 1.91 bits per heavy atom. The normalized spacial score (nSPS) is 23.6. The van der Waals surface area contributed by atoms with Crippen molar-refractivity contribution in [2.24, 2.45) is 17.1 Å². The molecule has 256 valence electrons. The van der Waals surface area contributed by atoms with Gasteiger partial charge in [-0.25, -0.2) is 14.4 Å². The van der Waals surface area contributed by atoms with Gasteiger partial charge in [0.2, 0.25) is 0 Å². The number of hydrogen-bond acceptors (Lipinski definition) is 12. The SMILES string of the molecule is CC(C)[C@H](N)C(=O)OCC(C)(C)C(=O)SCCO[P@](=O)(NCc1ccccc1)OC[C@H]1O[C@@H](n2ccc(=O)[nH]c2=O)[C@](C)(Cl)[C@@H]1O. The molecule has 0 aliphatic carbocycles. The molecule has 2 aromatic rings. The van der Waals surface area contributed by atoms with E-state index in [1.54, 1.807) is 27.7 Å². The van der Waals surface area contributed by atoms with E-state index in [-0.39, 0.29) is 36.5 Å². The van der Waals surface area contributed by atoms with Crippen LogP contribution in [-0.2, 0) is 39.2 Å². The van der Waals surface area contributed by atoms with Crippen LogP contribution in [0.25, 0.3) is 0 Å². The fraction of sp³-hybridized carbons (Fsp3) is 0.586. The third-order valence-electron chi connectivity index (χ3n) is 7.25. The fourth-order valence-corrected chi connectivity index (χ4v) is 6.74. The van der Waals surface area contributed by atoms with Gasteiger partial charge in [0.15, 0.2) is 11.3 Å². The highest BCUT2D eigenvalue weighted by Crippen LogP contribution is 2.47. The van der Waals surface area contributed by atoms with Gasteiger partial charge in [-0.15, -0.1) is 11.6 Å². The standard InChI is InChI=1S/C29H42ClN4O10PS/c1-18(2)22(31)24(37)41-17-28(3,4)26(38)46-14-13-42-45(40,32-15-19-9-7-6-8-10-19)43-16-20-23(36)29(5,30)25(44-20)34-12-11-21(35)33-27(34)39/h6-12,18,20,22-23,25,36H,13-17,31H2,1-5H3,(H,32,40)(H,33,35,39)/t20-,22+,23-,25-,29-,45-/m1/s1. The molecule has 1 aromatic heterocycles. The summed E-state index contributed by atoms with van der Waals surface area (Å²) in [5, 5.41) is 13.4. The first-order valence-electron chi connectivity index (χ1n) is 14.6. The summed E-state index contributed by atoms with van der Waals surface area (Å²) in [6.07, 6.45) is -2.50. The molecule has 5 N–H and O–H groups in total. The van der Waals surface area contributed by atoms with E-state index >= 15 is 0 Å². The van der Waals surface area contributed by atoms with Crippen molar-refractivity contribution in [3.63, 3.8) is 0 Å². The smallest absolute Gasteiger partial charge is 0.405 e. The molecule has 1 aliphatic heterocycles. The quantitative estimate of drug-likeness (QED) is 0.0861. The summed E-state index contributed by atoms with van der Waals surface area (Å²) in [7, 11) is -4.07. The van der Waals surface area contributed by atoms with E-state index in [0.717, 1.165) is 28.0 Å². The van der Waals surface area contributed by atoms with Crippen molar-refractivity contribution in [2.75, 3.05) is 25.6 Å². The summed E-state index contributed by atoms with van der Waals surface area (Å²) in [5.41, 5.74) is 4.19. The molecule has 1 fully saturated rings. The number of esters is 1. The first kappa shape index (κ1) is 38.1.